The molecule has 0 aromatic heterocycles. The Morgan fingerprint density at radius 3 is 2.37 bits per heavy atom. The number of rotatable bonds is 5. The molecule has 1 aromatic carbocycles. The topological polar surface area (TPSA) is 64.6 Å². The number of benzene rings is 1. The molecule has 0 saturated carbocycles. The summed E-state index contributed by atoms with van der Waals surface area (Å²) in [7, 11) is 0. The zero-order chi connectivity index (χ0) is 14.3. The Balaban J connectivity index is 2.52. The second-order valence-corrected chi connectivity index (χ2v) is 4.44. The second-order valence-electron chi connectivity index (χ2n) is 4.44. The highest BCUT2D eigenvalue weighted by Crippen LogP contribution is 2.17. The average Bonchev–Trinajstić information content (AvgIpc) is 2.31. The van der Waals surface area contributed by atoms with Crippen LogP contribution >= 0.6 is 0 Å². The third kappa shape index (κ3) is 5.90. The van der Waals surface area contributed by atoms with Gasteiger partial charge in [0.15, 0.2) is 0 Å². The van der Waals surface area contributed by atoms with Crippen molar-refractivity contribution >= 4 is 17.7 Å². The van der Waals surface area contributed by atoms with Gasteiger partial charge in [0.25, 0.3) is 0 Å². The molecule has 1 rings (SSSR count). The van der Waals surface area contributed by atoms with Crippen molar-refractivity contribution in [3.63, 3.8) is 0 Å². The number of nitrogens with one attached hydrogen (secondary N) is 1. The van der Waals surface area contributed by atoms with Crippen LogP contribution in [-0.2, 0) is 9.53 Å². The molecule has 19 heavy (non-hydrogen) atoms. The number of carbonyl (C=O) groups excluding carboxylic acids is 2. The van der Waals surface area contributed by atoms with E-state index in [1.54, 1.807) is 31.2 Å². The molecule has 5 heteroatoms. The van der Waals surface area contributed by atoms with Gasteiger partial charge in [-0.3, -0.25) is 10.1 Å². The number of anilines is 1. The summed E-state index contributed by atoms with van der Waals surface area (Å²) in [5, 5.41) is 2.55. The van der Waals surface area contributed by atoms with E-state index in [2.05, 4.69) is 5.32 Å². The van der Waals surface area contributed by atoms with Crippen LogP contribution in [0.25, 0.3) is 0 Å². The number of esters is 1. The Hall–Kier alpha value is -2.04. The first kappa shape index (κ1) is 15.0. The summed E-state index contributed by atoms with van der Waals surface area (Å²) in [4.78, 5) is 22.6. The lowest BCUT2D eigenvalue weighted by Crippen LogP contribution is -2.13. The molecule has 1 N–H and O–H groups in total. The molecule has 0 heterocycles. The summed E-state index contributed by atoms with van der Waals surface area (Å²) in [5.74, 6) is 0.457. The standard InChI is InChI=1S/C14H19NO4/c1-4-18-14(17)15-11-5-7-12(8-6-11)19-13(16)9-10(2)3/h5-8,10H,4,9H2,1-3H3,(H,15,17). The number of amides is 1. The molecule has 0 aliphatic heterocycles. The largest absolute Gasteiger partial charge is 0.450 e. The average molecular weight is 265 g/mol. The maximum absolute atomic E-state index is 11.5. The van der Waals surface area contributed by atoms with Crippen molar-refractivity contribution in [1.29, 1.82) is 0 Å². The zero-order valence-corrected chi connectivity index (χ0v) is 11.4. The van der Waals surface area contributed by atoms with Gasteiger partial charge in [0.1, 0.15) is 5.75 Å². The van der Waals surface area contributed by atoms with Crippen LogP contribution in [0.3, 0.4) is 0 Å². The normalized spacial score (nSPS) is 10.1. The number of hydrogen-bond donors (Lipinski definition) is 1. The van der Waals surface area contributed by atoms with Crippen molar-refractivity contribution in [1.82, 2.24) is 0 Å². The van der Waals surface area contributed by atoms with E-state index in [0.29, 0.717) is 24.5 Å². The summed E-state index contributed by atoms with van der Waals surface area (Å²) >= 11 is 0. The van der Waals surface area contributed by atoms with Crippen molar-refractivity contribution < 1.29 is 19.1 Å². The van der Waals surface area contributed by atoms with Crippen LogP contribution in [0, 0.1) is 5.92 Å². The minimum Gasteiger partial charge on any atom is -0.450 e. The molecular formula is C14H19NO4. The Kier molecular flexibility index (Phi) is 5.85. The van der Waals surface area contributed by atoms with Crippen LogP contribution in [0.1, 0.15) is 27.2 Å². The number of carbonyl (C=O) groups is 2. The van der Waals surface area contributed by atoms with Gasteiger partial charge in [-0.25, -0.2) is 4.79 Å². The van der Waals surface area contributed by atoms with Crippen LogP contribution in [-0.4, -0.2) is 18.7 Å². The molecule has 0 unspecified atom stereocenters. The monoisotopic (exact) mass is 265 g/mol. The lowest BCUT2D eigenvalue weighted by molar-refractivity contribution is -0.135. The molecule has 104 valence electrons. The summed E-state index contributed by atoms with van der Waals surface area (Å²) in [6, 6.07) is 6.55. The molecule has 0 spiro atoms. The van der Waals surface area contributed by atoms with Crippen LogP contribution in [0.4, 0.5) is 10.5 Å². The second kappa shape index (κ2) is 7.41. The number of hydrogen-bond acceptors (Lipinski definition) is 4. The Morgan fingerprint density at radius 2 is 1.84 bits per heavy atom. The highest BCUT2D eigenvalue weighted by Gasteiger charge is 2.08. The minimum absolute atomic E-state index is 0.261. The van der Waals surface area contributed by atoms with Gasteiger partial charge in [-0.05, 0) is 37.1 Å². The summed E-state index contributed by atoms with van der Waals surface area (Å²) < 4.78 is 9.90. The maximum atomic E-state index is 11.5. The van der Waals surface area contributed by atoms with E-state index in [1.807, 2.05) is 13.8 Å². The summed E-state index contributed by atoms with van der Waals surface area (Å²) in [5.41, 5.74) is 0.585. The van der Waals surface area contributed by atoms with Crippen molar-refractivity contribution in [3.05, 3.63) is 24.3 Å². The maximum Gasteiger partial charge on any atom is 0.411 e. The van der Waals surface area contributed by atoms with E-state index < -0.39 is 6.09 Å². The summed E-state index contributed by atoms with van der Waals surface area (Å²) in [6.07, 6.45) is -0.130. The molecule has 0 bridgehead atoms. The molecule has 0 fully saturated rings. The first-order valence-electron chi connectivity index (χ1n) is 6.25. The molecule has 0 aliphatic carbocycles. The zero-order valence-electron chi connectivity index (χ0n) is 11.4. The third-order valence-electron chi connectivity index (χ3n) is 2.18. The van der Waals surface area contributed by atoms with E-state index >= 15 is 0 Å². The fourth-order valence-corrected chi connectivity index (χ4v) is 1.40. The van der Waals surface area contributed by atoms with Gasteiger partial charge in [-0.1, -0.05) is 13.8 Å². The number of ether oxygens (including phenoxy) is 2. The predicted molar refractivity (Wildman–Crippen MR) is 72.2 cm³/mol. The highest BCUT2D eigenvalue weighted by molar-refractivity contribution is 5.84. The third-order valence-corrected chi connectivity index (χ3v) is 2.18. The van der Waals surface area contributed by atoms with Gasteiger partial charge < -0.3 is 9.47 Å². The Morgan fingerprint density at radius 1 is 1.21 bits per heavy atom. The van der Waals surface area contributed by atoms with E-state index in [9.17, 15) is 9.59 Å². The molecule has 5 nitrogen and oxygen atoms in total. The van der Waals surface area contributed by atoms with Crippen LogP contribution in [0.2, 0.25) is 0 Å². The van der Waals surface area contributed by atoms with Crippen molar-refractivity contribution in [2.45, 2.75) is 27.2 Å². The van der Waals surface area contributed by atoms with E-state index in [-0.39, 0.29) is 11.9 Å². The van der Waals surface area contributed by atoms with Gasteiger partial charge >= 0.3 is 12.1 Å². The minimum atomic E-state index is -0.507. The summed E-state index contributed by atoms with van der Waals surface area (Å²) in [6.45, 7) is 5.95. The van der Waals surface area contributed by atoms with E-state index in [4.69, 9.17) is 9.47 Å². The smallest absolute Gasteiger partial charge is 0.411 e. The van der Waals surface area contributed by atoms with Crippen molar-refractivity contribution in [3.8, 4) is 5.75 Å². The van der Waals surface area contributed by atoms with Crippen LogP contribution in [0.5, 0.6) is 5.75 Å². The molecule has 0 atom stereocenters. The van der Waals surface area contributed by atoms with Crippen molar-refractivity contribution in [2.75, 3.05) is 11.9 Å². The predicted octanol–water partition coefficient (Wildman–Crippen LogP) is 3.21. The van der Waals surface area contributed by atoms with Crippen LogP contribution < -0.4 is 10.1 Å². The first-order chi connectivity index (χ1) is 9.01. The molecule has 0 aliphatic rings. The van der Waals surface area contributed by atoms with Gasteiger partial charge in [0.05, 0.1) is 6.61 Å². The quantitative estimate of drug-likeness (QED) is 0.656. The molecule has 1 aromatic rings. The van der Waals surface area contributed by atoms with Gasteiger partial charge in [-0.15, -0.1) is 0 Å². The lowest BCUT2D eigenvalue weighted by Gasteiger charge is -2.08. The molecule has 1 amide bonds. The van der Waals surface area contributed by atoms with E-state index in [1.165, 1.54) is 0 Å². The van der Waals surface area contributed by atoms with Gasteiger partial charge in [0.2, 0.25) is 0 Å². The SMILES string of the molecule is CCOC(=O)Nc1ccc(OC(=O)CC(C)C)cc1. The fourth-order valence-electron chi connectivity index (χ4n) is 1.40. The Bertz CT molecular complexity index is 426. The first-order valence-corrected chi connectivity index (χ1v) is 6.25. The van der Waals surface area contributed by atoms with Gasteiger partial charge in [-0.2, -0.15) is 0 Å². The van der Waals surface area contributed by atoms with Gasteiger partial charge in [0, 0.05) is 12.1 Å². The fraction of sp³-hybridized carbons (Fsp3) is 0.429. The Labute approximate surface area is 112 Å². The lowest BCUT2D eigenvalue weighted by atomic mass is 10.1. The highest BCUT2D eigenvalue weighted by atomic mass is 16.5. The molecular weight excluding hydrogens is 246 g/mol. The molecule has 0 radical (unpaired) electrons. The van der Waals surface area contributed by atoms with E-state index in [0.717, 1.165) is 0 Å². The molecule has 0 saturated heterocycles. The van der Waals surface area contributed by atoms with Crippen molar-refractivity contribution in [2.24, 2.45) is 5.92 Å². The van der Waals surface area contributed by atoms with Crippen LogP contribution in [0.15, 0.2) is 24.3 Å².